The Morgan fingerprint density at radius 3 is 2.84 bits per heavy atom. The summed E-state index contributed by atoms with van der Waals surface area (Å²) in [7, 11) is 0. The molecule has 2 aliphatic rings. The van der Waals surface area contributed by atoms with E-state index in [9.17, 15) is 4.79 Å². The molecule has 25 heavy (non-hydrogen) atoms. The first-order valence-electron chi connectivity index (χ1n) is 9.36. The van der Waals surface area contributed by atoms with Crippen LogP contribution in [0.1, 0.15) is 61.2 Å². The largest absolute Gasteiger partial charge is 0.331 e. The van der Waals surface area contributed by atoms with E-state index in [1.165, 1.54) is 19.3 Å². The minimum absolute atomic E-state index is 0.0591. The number of aromatic nitrogens is 5. The Hall–Kier alpha value is -2.18. The van der Waals surface area contributed by atoms with Crippen molar-refractivity contribution in [3.05, 3.63) is 29.1 Å². The zero-order valence-corrected chi connectivity index (χ0v) is 15.1. The molecule has 1 unspecified atom stereocenters. The SMILES string of the molecule is Cc1cc(C)n(CC(=O)N2CCCC2c2nnc3n2CCCCC3)n1. The van der Waals surface area contributed by atoms with Gasteiger partial charge in [-0.2, -0.15) is 5.10 Å². The first-order valence-corrected chi connectivity index (χ1v) is 9.36. The predicted octanol–water partition coefficient (Wildman–Crippen LogP) is 2.18. The van der Waals surface area contributed by atoms with E-state index in [4.69, 9.17) is 0 Å². The highest BCUT2D eigenvalue weighted by atomic mass is 16.2. The third-order valence-corrected chi connectivity index (χ3v) is 5.40. The molecule has 0 spiro atoms. The maximum absolute atomic E-state index is 12.9. The maximum Gasteiger partial charge on any atom is 0.244 e. The van der Waals surface area contributed by atoms with Crippen LogP contribution in [0.2, 0.25) is 0 Å². The van der Waals surface area contributed by atoms with Crippen LogP contribution in [0.5, 0.6) is 0 Å². The lowest BCUT2D eigenvalue weighted by Gasteiger charge is -2.25. The van der Waals surface area contributed by atoms with Gasteiger partial charge in [-0.25, -0.2) is 0 Å². The van der Waals surface area contributed by atoms with Gasteiger partial charge in [-0.3, -0.25) is 9.48 Å². The number of hydrogen-bond donors (Lipinski definition) is 0. The molecule has 1 fully saturated rings. The molecule has 1 saturated heterocycles. The van der Waals surface area contributed by atoms with E-state index in [0.717, 1.165) is 55.4 Å². The van der Waals surface area contributed by atoms with Crippen molar-refractivity contribution in [1.29, 1.82) is 0 Å². The summed E-state index contributed by atoms with van der Waals surface area (Å²) < 4.78 is 4.07. The Bertz CT molecular complexity index is 777. The van der Waals surface area contributed by atoms with E-state index in [1.807, 2.05) is 24.8 Å². The number of rotatable bonds is 3. The first-order chi connectivity index (χ1) is 12.1. The smallest absolute Gasteiger partial charge is 0.244 e. The molecule has 0 N–H and O–H groups in total. The second-order valence-corrected chi connectivity index (χ2v) is 7.27. The van der Waals surface area contributed by atoms with Crippen LogP contribution in [0.15, 0.2) is 6.07 Å². The van der Waals surface area contributed by atoms with Gasteiger partial charge in [0.15, 0.2) is 5.82 Å². The quantitative estimate of drug-likeness (QED) is 0.857. The van der Waals surface area contributed by atoms with Crippen molar-refractivity contribution in [1.82, 2.24) is 29.4 Å². The fraction of sp³-hybridized carbons (Fsp3) is 0.667. The van der Waals surface area contributed by atoms with Crippen LogP contribution in [0.3, 0.4) is 0 Å². The lowest BCUT2D eigenvalue weighted by molar-refractivity contribution is -0.133. The second kappa shape index (κ2) is 6.61. The van der Waals surface area contributed by atoms with Crippen LogP contribution < -0.4 is 0 Å². The third kappa shape index (κ3) is 3.07. The lowest BCUT2D eigenvalue weighted by Crippen LogP contribution is -2.35. The normalized spacial score (nSPS) is 20.6. The number of amides is 1. The van der Waals surface area contributed by atoms with Crippen molar-refractivity contribution in [3.8, 4) is 0 Å². The van der Waals surface area contributed by atoms with Crippen LogP contribution in [-0.4, -0.2) is 41.9 Å². The molecular weight excluding hydrogens is 316 g/mol. The fourth-order valence-corrected chi connectivity index (χ4v) is 4.14. The maximum atomic E-state index is 12.9. The molecule has 0 aliphatic carbocycles. The average molecular weight is 342 g/mol. The van der Waals surface area contributed by atoms with Crippen LogP contribution in [-0.2, 0) is 24.3 Å². The van der Waals surface area contributed by atoms with Gasteiger partial charge in [0.05, 0.1) is 11.7 Å². The van der Waals surface area contributed by atoms with Gasteiger partial charge in [0, 0.05) is 25.2 Å². The zero-order chi connectivity index (χ0) is 17.4. The van der Waals surface area contributed by atoms with Gasteiger partial charge in [0.1, 0.15) is 12.4 Å². The van der Waals surface area contributed by atoms with E-state index in [0.29, 0.717) is 6.54 Å². The molecule has 4 heterocycles. The van der Waals surface area contributed by atoms with Gasteiger partial charge in [0.2, 0.25) is 5.91 Å². The molecule has 0 aromatic carbocycles. The fourth-order valence-electron chi connectivity index (χ4n) is 4.14. The van der Waals surface area contributed by atoms with Crippen molar-refractivity contribution in [2.75, 3.05) is 6.54 Å². The van der Waals surface area contributed by atoms with Crippen molar-refractivity contribution in [2.45, 2.75) is 71.5 Å². The number of carbonyl (C=O) groups is 1. The Balaban J connectivity index is 1.55. The standard InChI is InChI=1S/C18H26N6O/c1-13-11-14(2)24(21-13)12-17(25)22-10-6-7-15(22)18-20-19-16-8-4-3-5-9-23(16)18/h11,15H,3-10,12H2,1-2H3. The van der Waals surface area contributed by atoms with Crippen molar-refractivity contribution in [3.63, 3.8) is 0 Å². The molecule has 134 valence electrons. The zero-order valence-electron chi connectivity index (χ0n) is 15.1. The molecule has 1 atom stereocenters. The molecular formula is C18H26N6O. The summed E-state index contributed by atoms with van der Waals surface area (Å²) in [5, 5.41) is 13.3. The third-order valence-electron chi connectivity index (χ3n) is 5.40. The summed E-state index contributed by atoms with van der Waals surface area (Å²) in [6.07, 6.45) is 6.60. The summed E-state index contributed by atoms with van der Waals surface area (Å²) >= 11 is 0. The van der Waals surface area contributed by atoms with E-state index in [2.05, 4.69) is 19.9 Å². The molecule has 4 rings (SSSR count). The number of aryl methyl sites for hydroxylation is 3. The van der Waals surface area contributed by atoms with E-state index in [-0.39, 0.29) is 11.9 Å². The van der Waals surface area contributed by atoms with E-state index in [1.54, 1.807) is 4.68 Å². The lowest BCUT2D eigenvalue weighted by atomic mass is 10.2. The summed E-state index contributed by atoms with van der Waals surface area (Å²) in [6, 6.07) is 2.07. The number of fused-ring (bicyclic) bond motifs is 1. The Morgan fingerprint density at radius 2 is 2.04 bits per heavy atom. The summed E-state index contributed by atoms with van der Waals surface area (Å²) in [5.41, 5.74) is 1.98. The van der Waals surface area contributed by atoms with Gasteiger partial charge in [-0.1, -0.05) is 6.42 Å². The monoisotopic (exact) mass is 342 g/mol. The van der Waals surface area contributed by atoms with Crippen LogP contribution in [0.4, 0.5) is 0 Å². The van der Waals surface area contributed by atoms with Gasteiger partial charge >= 0.3 is 0 Å². The first kappa shape index (κ1) is 16.3. The highest BCUT2D eigenvalue weighted by molar-refractivity contribution is 5.76. The molecule has 2 aromatic heterocycles. The van der Waals surface area contributed by atoms with Crippen LogP contribution in [0.25, 0.3) is 0 Å². The summed E-state index contributed by atoms with van der Waals surface area (Å²) in [5.74, 6) is 2.20. The van der Waals surface area contributed by atoms with Gasteiger partial charge < -0.3 is 9.47 Å². The number of nitrogens with zero attached hydrogens (tertiary/aromatic N) is 6. The van der Waals surface area contributed by atoms with Gasteiger partial charge in [0.25, 0.3) is 0 Å². The van der Waals surface area contributed by atoms with Gasteiger partial charge in [-0.05, 0) is 45.6 Å². The van der Waals surface area contributed by atoms with E-state index >= 15 is 0 Å². The minimum atomic E-state index is 0.0591. The Morgan fingerprint density at radius 1 is 1.16 bits per heavy atom. The van der Waals surface area contributed by atoms with E-state index < -0.39 is 0 Å². The minimum Gasteiger partial charge on any atom is -0.331 e. The van der Waals surface area contributed by atoms with Crippen molar-refractivity contribution >= 4 is 5.91 Å². The van der Waals surface area contributed by atoms with Crippen molar-refractivity contribution in [2.24, 2.45) is 0 Å². The Labute approximate surface area is 148 Å². The number of likely N-dealkylation sites (tertiary alicyclic amines) is 1. The molecule has 0 saturated carbocycles. The predicted molar refractivity (Wildman–Crippen MR) is 93.0 cm³/mol. The summed E-state index contributed by atoms with van der Waals surface area (Å²) in [6.45, 7) is 6.03. The highest BCUT2D eigenvalue weighted by Gasteiger charge is 2.34. The molecule has 2 aliphatic heterocycles. The molecule has 0 radical (unpaired) electrons. The van der Waals surface area contributed by atoms with Crippen LogP contribution in [0, 0.1) is 13.8 Å². The molecule has 7 nitrogen and oxygen atoms in total. The van der Waals surface area contributed by atoms with Crippen LogP contribution >= 0.6 is 0 Å². The Kier molecular flexibility index (Phi) is 4.31. The highest BCUT2D eigenvalue weighted by Crippen LogP contribution is 2.32. The molecule has 7 heteroatoms. The molecule has 2 aromatic rings. The number of carbonyl (C=O) groups excluding carboxylic acids is 1. The molecule has 0 bridgehead atoms. The van der Waals surface area contributed by atoms with Gasteiger partial charge in [-0.15, -0.1) is 10.2 Å². The second-order valence-electron chi connectivity index (χ2n) is 7.27. The summed E-state index contributed by atoms with van der Waals surface area (Å²) in [4.78, 5) is 14.9. The number of hydrogen-bond acceptors (Lipinski definition) is 4. The van der Waals surface area contributed by atoms with Crippen molar-refractivity contribution < 1.29 is 4.79 Å². The molecule has 1 amide bonds. The topological polar surface area (TPSA) is 68.8 Å². The average Bonchev–Trinajstić information content (AvgIpc) is 3.23.